The van der Waals surface area contributed by atoms with Gasteiger partial charge in [-0.3, -0.25) is 0 Å². The Labute approximate surface area is 170 Å². The molecule has 0 spiro atoms. The van der Waals surface area contributed by atoms with Crippen LogP contribution in [0.1, 0.15) is 18.9 Å². The number of halogens is 4. The van der Waals surface area contributed by atoms with E-state index >= 15 is 0 Å². The molecule has 0 bridgehead atoms. The fourth-order valence-corrected chi connectivity index (χ4v) is 2.52. The first-order valence-electron chi connectivity index (χ1n) is 8.82. The number of nitrogens with zero attached hydrogens (tertiary/aromatic N) is 2. The van der Waals surface area contributed by atoms with Crippen molar-refractivity contribution in [2.75, 3.05) is 17.2 Å². The van der Waals surface area contributed by atoms with Gasteiger partial charge in [0.15, 0.2) is 0 Å². The monoisotopic (exact) mass is 422 g/mol. The van der Waals surface area contributed by atoms with Gasteiger partial charge in [-0.25, -0.2) is 4.98 Å². The highest BCUT2D eigenvalue weighted by atomic mass is 35.5. The molecule has 0 atom stereocenters. The van der Waals surface area contributed by atoms with E-state index in [0.717, 1.165) is 12.6 Å². The lowest BCUT2D eigenvalue weighted by Crippen LogP contribution is -2.12. The Balaban J connectivity index is 1.83. The summed E-state index contributed by atoms with van der Waals surface area (Å²) in [5.74, 6) is 0.368. The Hall–Kier alpha value is -3.00. The van der Waals surface area contributed by atoms with Gasteiger partial charge in [-0.2, -0.15) is 18.2 Å². The molecule has 0 aliphatic heterocycles. The van der Waals surface area contributed by atoms with Crippen molar-refractivity contribution in [3.8, 4) is 5.75 Å². The minimum atomic E-state index is -4.61. The Morgan fingerprint density at radius 2 is 1.59 bits per heavy atom. The van der Waals surface area contributed by atoms with Gasteiger partial charge in [0.05, 0.1) is 6.61 Å². The fraction of sp³-hybridized carbons (Fsp3) is 0.200. The van der Waals surface area contributed by atoms with E-state index in [1.54, 1.807) is 48.5 Å². The topological polar surface area (TPSA) is 59.1 Å². The second-order valence-electron chi connectivity index (χ2n) is 6.08. The summed E-state index contributed by atoms with van der Waals surface area (Å²) in [4.78, 5) is 7.80. The van der Waals surface area contributed by atoms with Crippen LogP contribution < -0.4 is 15.4 Å². The number of nitrogens with one attached hydrogen (secondary N) is 2. The van der Waals surface area contributed by atoms with E-state index in [0.29, 0.717) is 28.8 Å². The van der Waals surface area contributed by atoms with E-state index < -0.39 is 11.7 Å². The summed E-state index contributed by atoms with van der Waals surface area (Å²) in [5.41, 5.74) is 0.0642. The van der Waals surface area contributed by atoms with Crippen LogP contribution in [0.25, 0.3) is 0 Å². The van der Waals surface area contributed by atoms with Crippen LogP contribution in [0, 0.1) is 0 Å². The van der Waals surface area contributed by atoms with Crippen molar-refractivity contribution in [3.05, 3.63) is 65.3 Å². The third-order valence-corrected chi connectivity index (χ3v) is 4.04. The number of rotatable bonds is 7. The van der Waals surface area contributed by atoms with Gasteiger partial charge in [0, 0.05) is 22.6 Å². The van der Waals surface area contributed by atoms with Crippen molar-refractivity contribution in [2.45, 2.75) is 19.5 Å². The molecule has 3 rings (SSSR count). The first-order valence-corrected chi connectivity index (χ1v) is 9.19. The number of anilines is 4. The summed E-state index contributed by atoms with van der Waals surface area (Å²) >= 11 is 5.82. The molecule has 0 unspecified atom stereocenters. The van der Waals surface area contributed by atoms with Gasteiger partial charge < -0.3 is 15.4 Å². The quantitative estimate of drug-likeness (QED) is 0.459. The Kier molecular flexibility index (Phi) is 6.43. The molecule has 9 heteroatoms. The molecule has 1 aromatic heterocycles. The van der Waals surface area contributed by atoms with Gasteiger partial charge in [0.25, 0.3) is 0 Å². The van der Waals surface area contributed by atoms with Crippen molar-refractivity contribution in [1.29, 1.82) is 0 Å². The summed E-state index contributed by atoms with van der Waals surface area (Å²) in [6, 6.07) is 13.2. The van der Waals surface area contributed by atoms with E-state index in [9.17, 15) is 13.2 Å². The van der Waals surface area contributed by atoms with E-state index in [2.05, 4.69) is 20.6 Å². The lowest BCUT2D eigenvalue weighted by atomic mass is 10.2. The van der Waals surface area contributed by atoms with Crippen molar-refractivity contribution in [3.63, 3.8) is 0 Å². The maximum Gasteiger partial charge on any atom is 0.421 e. The average molecular weight is 423 g/mol. The van der Waals surface area contributed by atoms with Crippen LogP contribution in [0.4, 0.5) is 36.3 Å². The van der Waals surface area contributed by atoms with E-state index in [1.807, 2.05) is 6.92 Å². The van der Waals surface area contributed by atoms with Crippen LogP contribution in [0.3, 0.4) is 0 Å². The Morgan fingerprint density at radius 3 is 2.21 bits per heavy atom. The first-order chi connectivity index (χ1) is 13.8. The largest absolute Gasteiger partial charge is 0.494 e. The van der Waals surface area contributed by atoms with Gasteiger partial charge in [0.1, 0.15) is 17.1 Å². The van der Waals surface area contributed by atoms with Gasteiger partial charge >= 0.3 is 6.18 Å². The molecular weight excluding hydrogens is 405 g/mol. The molecule has 1 heterocycles. The molecule has 152 valence electrons. The molecule has 2 N–H and O–H groups in total. The molecule has 2 aromatic carbocycles. The molecule has 0 aliphatic carbocycles. The number of alkyl halides is 3. The summed E-state index contributed by atoms with van der Waals surface area (Å²) < 4.78 is 45.5. The van der Waals surface area contributed by atoms with Gasteiger partial charge in [-0.05, 0) is 55.0 Å². The number of ether oxygens (including phenoxy) is 1. The van der Waals surface area contributed by atoms with Crippen LogP contribution in [-0.2, 0) is 6.18 Å². The van der Waals surface area contributed by atoms with Crippen LogP contribution in [0.2, 0.25) is 5.02 Å². The highest BCUT2D eigenvalue weighted by Crippen LogP contribution is 2.35. The standard InChI is InChI=1S/C20H18ClF3N4O/c1-2-11-29-16-9-7-15(8-10-16)27-19-25-12-17(20(22,23)24)18(28-19)26-14-5-3-13(21)4-6-14/h3-10,12H,2,11H2,1H3,(H2,25,26,27,28). The molecule has 0 radical (unpaired) electrons. The van der Waals surface area contributed by atoms with Crippen LogP contribution in [-0.4, -0.2) is 16.6 Å². The minimum absolute atomic E-state index is 0.0247. The van der Waals surface area contributed by atoms with Gasteiger partial charge in [-0.15, -0.1) is 0 Å². The Morgan fingerprint density at radius 1 is 0.966 bits per heavy atom. The number of aromatic nitrogens is 2. The molecule has 5 nitrogen and oxygen atoms in total. The lowest BCUT2D eigenvalue weighted by molar-refractivity contribution is -0.137. The number of benzene rings is 2. The normalized spacial score (nSPS) is 11.2. The van der Waals surface area contributed by atoms with E-state index in [-0.39, 0.29) is 11.8 Å². The zero-order valence-electron chi connectivity index (χ0n) is 15.4. The molecule has 0 saturated heterocycles. The highest BCUT2D eigenvalue weighted by molar-refractivity contribution is 6.30. The van der Waals surface area contributed by atoms with Gasteiger partial charge in [0.2, 0.25) is 5.95 Å². The molecule has 0 fully saturated rings. The van der Waals surface area contributed by atoms with Gasteiger partial charge in [-0.1, -0.05) is 18.5 Å². The van der Waals surface area contributed by atoms with Crippen LogP contribution >= 0.6 is 11.6 Å². The second kappa shape index (κ2) is 9.00. The summed E-state index contributed by atoms with van der Waals surface area (Å²) in [6.45, 7) is 2.61. The minimum Gasteiger partial charge on any atom is -0.494 e. The molecule has 0 amide bonds. The maximum atomic E-state index is 13.3. The van der Waals surface area contributed by atoms with E-state index in [4.69, 9.17) is 16.3 Å². The number of hydrogen-bond acceptors (Lipinski definition) is 5. The van der Waals surface area contributed by atoms with Crippen molar-refractivity contribution in [1.82, 2.24) is 9.97 Å². The molecular formula is C20H18ClF3N4O. The fourth-order valence-electron chi connectivity index (χ4n) is 2.40. The molecule has 0 saturated carbocycles. The second-order valence-corrected chi connectivity index (χ2v) is 6.52. The van der Waals surface area contributed by atoms with E-state index in [1.165, 1.54) is 0 Å². The average Bonchev–Trinajstić information content (AvgIpc) is 2.68. The van der Waals surface area contributed by atoms with Crippen molar-refractivity contribution < 1.29 is 17.9 Å². The van der Waals surface area contributed by atoms with Crippen molar-refractivity contribution >= 4 is 34.7 Å². The zero-order chi connectivity index (χ0) is 20.9. The Bertz CT molecular complexity index is 947. The predicted octanol–water partition coefficient (Wildman–Crippen LogP) is 6.42. The van der Waals surface area contributed by atoms with Crippen LogP contribution in [0.15, 0.2) is 54.7 Å². The molecule has 0 aliphatic rings. The van der Waals surface area contributed by atoms with Crippen molar-refractivity contribution in [2.24, 2.45) is 0 Å². The lowest BCUT2D eigenvalue weighted by Gasteiger charge is -2.15. The third-order valence-electron chi connectivity index (χ3n) is 3.78. The number of hydrogen-bond donors (Lipinski definition) is 2. The predicted molar refractivity (Wildman–Crippen MR) is 107 cm³/mol. The smallest absolute Gasteiger partial charge is 0.421 e. The molecule has 3 aromatic rings. The molecule has 29 heavy (non-hydrogen) atoms. The summed E-state index contributed by atoms with van der Waals surface area (Å²) in [6.07, 6.45) is -2.97. The summed E-state index contributed by atoms with van der Waals surface area (Å²) in [5, 5.41) is 6.04. The first kappa shape index (κ1) is 20.7. The third kappa shape index (κ3) is 5.74. The highest BCUT2D eigenvalue weighted by Gasteiger charge is 2.35. The van der Waals surface area contributed by atoms with Crippen LogP contribution in [0.5, 0.6) is 5.75 Å². The SMILES string of the molecule is CCCOc1ccc(Nc2ncc(C(F)(F)F)c(Nc3ccc(Cl)cc3)n2)cc1. The maximum absolute atomic E-state index is 13.3. The summed E-state index contributed by atoms with van der Waals surface area (Å²) in [7, 11) is 0. The zero-order valence-corrected chi connectivity index (χ0v) is 16.2.